The topological polar surface area (TPSA) is 81.1 Å². The lowest BCUT2D eigenvalue weighted by Gasteiger charge is -2.49. The highest BCUT2D eigenvalue weighted by Crippen LogP contribution is 2.49. The predicted octanol–water partition coefficient (Wildman–Crippen LogP) is 5.33. The lowest BCUT2D eigenvalue weighted by Crippen LogP contribution is -2.59. The van der Waals surface area contributed by atoms with Gasteiger partial charge in [-0.1, -0.05) is 42.6 Å². The van der Waals surface area contributed by atoms with E-state index in [-0.39, 0.29) is 5.82 Å². The van der Waals surface area contributed by atoms with Crippen molar-refractivity contribution in [2.24, 2.45) is 0 Å². The summed E-state index contributed by atoms with van der Waals surface area (Å²) >= 11 is 6.41. The van der Waals surface area contributed by atoms with Gasteiger partial charge in [-0.15, -0.1) is 0 Å². The Morgan fingerprint density at radius 2 is 1.64 bits per heavy atom. The van der Waals surface area contributed by atoms with Crippen LogP contribution in [0.25, 0.3) is 0 Å². The first-order valence-electron chi connectivity index (χ1n) is 12.3. The van der Waals surface area contributed by atoms with Gasteiger partial charge in [0.05, 0.1) is 0 Å². The molecule has 0 unspecified atom stereocenters. The molecule has 36 heavy (non-hydrogen) atoms. The second kappa shape index (κ2) is 11.1. The lowest BCUT2D eigenvalue weighted by atomic mass is 9.90. The van der Waals surface area contributed by atoms with E-state index < -0.39 is 11.9 Å². The van der Waals surface area contributed by atoms with Gasteiger partial charge in [0.25, 0.3) is 0 Å². The molecule has 1 saturated heterocycles. The lowest BCUT2D eigenvalue weighted by molar-refractivity contribution is -0.134. The number of hydrogen-bond donors (Lipinski definition) is 2. The van der Waals surface area contributed by atoms with Crippen molar-refractivity contribution in [3.8, 4) is 0 Å². The molecular weight excluding hydrogens is 483 g/mol. The van der Waals surface area contributed by atoms with Crippen LogP contribution in [0.5, 0.6) is 0 Å². The Hall–Kier alpha value is -2.74. The zero-order valence-electron chi connectivity index (χ0n) is 20.4. The average Bonchev–Trinajstić information content (AvgIpc) is 3.46. The molecule has 0 bridgehead atoms. The maximum Gasteiger partial charge on any atom is 0.328 e. The van der Waals surface area contributed by atoms with Gasteiger partial charge in [0.15, 0.2) is 0 Å². The van der Waals surface area contributed by atoms with Gasteiger partial charge in [-0.2, -0.15) is 0 Å². The monoisotopic (exact) mass is 514 g/mol. The number of likely N-dealkylation sites (N-methyl/N-ethyl adjacent to an activating group) is 1. The third-order valence-electron chi connectivity index (χ3n) is 7.89. The highest BCUT2D eigenvalue weighted by molar-refractivity contribution is 6.30. The summed E-state index contributed by atoms with van der Waals surface area (Å²) in [6.45, 7) is 3.38. The maximum atomic E-state index is 13.5. The number of fused-ring (bicyclic) bond motifs is 1. The molecule has 2 aromatic rings. The molecule has 8 heteroatoms. The summed E-state index contributed by atoms with van der Waals surface area (Å²) in [6.07, 6.45) is 7.51. The van der Waals surface area contributed by atoms with Crippen LogP contribution in [-0.4, -0.2) is 64.2 Å². The summed E-state index contributed by atoms with van der Waals surface area (Å²) in [5, 5.41) is 16.4. The Bertz CT molecular complexity index is 1110. The van der Waals surface area contributed by atoms with Crippen LogP contribution in [0.3, 0.4) is 0 Å². The zero-order valence-corrected chi connectivity index (χ0v) is 21.1. The molecule has 2 atom stereocenters. The van der Waals surface area contributed by atoms with Crippen LogP contribution < -0.4 is 0 Å². The van der Waals surface area contributed by atoms with E-state index in [4.69, 9.17) is 21.8 Å². The van der Waals surface area contributed by atoms with Gasteiger partial charge in [-0.3, -0.25) is 9.80 Å². The third-order valence-corrected chi connectivity index (χ3v) is 8.12. The van der Waals surface area contributed by atoms with E-state index in [0.29, 0.717) is 29.7 Å². The normalized spacial score (nSPS) is 23.4. The van der Waals surface area contributed by atoms with E-state index in [0.717, 1.165) is 31.1 Å². The molecule has 192 valence electrons. The first-order chi connectivity index (χ1) is 17.2. The van der Waals surface area contributed by atoms with Gasteiger partial charge in [-0.05, 0) is 67.3 Å². The fraction of sp³-hybridized carbons (Fsp3) is 0.429. The number of carboxylic acids is 2. The van der Waals surface area contributed by atoms with Crippen LogP contribution in [0.2, 0.25) is 5.02 Å². The van der Waals surface area contributed by atoms with Crippen molar-refractivity contribution in [1.29, 1.82) is 0 Å². The number of rotatable bonds is 4. The number of aliphatic carboxylic acids is 2. The van der Waals surface area contributed by atoms with Crippen LogP contribution in [-0.2, 0) is 9.59 Å². The summed E-state index contributed by atoms with van der Waals surface area (Å²) in [4.78, 5) is 24.4. The van der Waals surface area contributed by atoms with E-state index in [1.165, 1.54) is 42.4 Å². The van der Waals surface area contributed by atoms with Crippen LogP contribution in [0, 0.1) is 5.82 Å². The van der Waals surface area contributed by atoms with Crippen molar-refractivity contribution in [3.05, 3.63) is 82.1 Å². The molecule has 0 amide bonds. The Kier molecular flexibility index (Phi) is 8.13. The molecule has 3 aliphatic rings. The average molecular weight is 515 g/mol. The van der Waals surface area contributed by atoms with E-state index in [1.54, 1.807) is 12.1 Å². The van der Waals surface area contributed by atoms with Crippen molar-refractivity contribution in [2.45, 2.75) is 49.6 Å². The van der Waals surface area contributed by atoms with E-state index in [2.05, 4.69) is 29.0 Å². The van der Waals surface area contributed by atoms with Gasteiger partial charge in [0, 0.05) is 54.3 Å². The van der Waals surface area contributed by atoms with Crippen molar-refractivity contribution in [2.75, 3.05) is 26.7 Å². The van der Waals surface area contributed by atoms with Crippen LogP contribution >= 0.6 is 11.6 Å². The summed E-state index contributed by atoms with van der Waals surface area (Å²) < 4.78 is 13.5. The molecule has 2 aromatic carbocycles. The molecule has 1 spiro atoms. The van der Waals surface area contributed by atoms with Crippen molar-refractivity contribution >= 4 is 23.5 Å². The number of benzene rings is 2. The number of piperazine rings is 1. The minimum Gasteiger partial charge on any atom is -0.478 e. The van der Waals surface area contributed by atoms with Gasteiger partial charge in [0.2, 0.25) is 0 Å². The van der Waals surface area contributed by atoms with E-state index >= 15 is 0 Å². The SMILES string of the molecule is CN1CCN([C@@H]2C[C@@H](c3ccc(F)cc3)c3ccc(Cl)cc32)CC12CCCC2.O=C(O)/C=C/C(=O)O. The number of carboxylic acid groups (broad SMARTS) is 2. The highest BCUT2D eigenvalue weighted by Gasteiger charge is 2.45. The summed E-state index contributed by atoms with van der Waals surface area (Å²) in [6, 6.07) is 13.8. The molecular formula is C28H32ClFN2O4. The van der Waals surface area contributed by atoms with Crippen LogP contribution in [0.1, 0.15) is 60.8 Å². The van der Waals surface area contributed by atoms with Crippen LogP contribution in [0.4, 0.5) is 4.39 Å². The first kappa shape index (κ1) is 26.3. The fourth-order valence-electron chi connectivity index (χ4n) is 6.06. The van der Waals surface area contributed by atoms with Crippen LogP contribution in [0.15, 0.2) is 54.6 Å². The predicted molar refractivity (Wildman–Crippen MR) is 137 cm³/mol. The number of carbonyl (C=O) groups is 2. The molecule has 0 aromatic heterocycles. The van der Waals surface area contributed by atoms with Gasteiger partial charge in [-0.25, -0.2) is 14.0 Å². The first-order valence-corrected chi connectivity index (χ1v) is 12.7. The minimum absolute atomic E-state index is 0.170. The molecule has 6 nitrogen and oxygen atoms in total. The standard InChI is InChI=1S/C24H28ClFN2.C4H4O4/c1-27-12-13-28(16-24(27)10-2-3-11-24)23-15-21(17-4-7-19(26)8-5-17)20-9-6-18(25)14-22(20)23;5-3(6)1-2-4(7)8/h4-9,14,21,23H,2-3,10-13,15-16H2,1H3;1-2H,(H,5,6)(H,7,8)/b;2-1+/t21-,23+;/m0./s1. The molecule has 2 aliphatic carbocycles. The number of hydrogen-bond acceptors (Lipinski definition) is 4. The van der Waals surface area contributed by atoms with Crippen molar-refractivity contribution in [1.82, 2.24) is 9.80 Å². The molecule has 2 N–H and O–H groups in total. The second-order valence-electron chi connectivity index (χ2n) is 9.96. The third kappa shape index (κ3) is 5.80. The van der Waals surface area contributed by atoms with Gasteiger partial charge in [0.1, 0.15) is 5.82 Å². The molecule has 2 fully saturated rings. The maximum absolute atomic E-state index is 13.5. The summed E-state index contributed by atoms with van der Waals surface area (Å²) in [7, 11) is 2.31. The molecule has 1 saturated carbocycles. The van der Waals surface area contributed by atoms with E-state index in [9.17, 15) is 14.0 Å². The fourth-order valence-corrected chi connectivity index (χ4v) is 6.24. The summed E-state index contributed by atoms with van der Waals surface area (Å²) in [5.41, 5.74) is 4.29. The quantitative estimate of drug-likeness (QED) is 0.537. The molecule has 0 radical (unpaired) electrons. The van der Waals surface area contributed by atoms with E-state index in [1.807, 2.05) is 18.2 Å². The molecule has 5 rings (SSSR count). The summed E-state index contributed by atoms with van der Waals surface area (Å²) in [5.74, 6) is -2.37. The number of halogens is 2. The van der Waals surface area contributed by atoms with Gasteiger partial charge < -0.3 is 10.2 Å². The minimum atomic E-state index is -1.26. The Morgan fingerprint density at radius 1 is 1.00 bits per heavy atom. The zero-order chi connectivity index (χ0) is 25.9. The largest absolute Gasteiger partial charge is 0.478 e. The molecule has 1 heterocycles. The second-order valence-corrected chi connectivity index (χ2v) is 10.4. The molecule has 1 aliphatic heterocycles. The Labute approximate surface area is 216 Å². The van der Waals surface area contributed by atoms with Gasteiger partial charge >= 0.3 is 11.9 Å². The smallest absolute Gasteiger partial charge is 0.328 e. The highest BCUT2D eigenvalue weighted by atomic mass is 35.5. The van der Waals surface area contributed by atoms with Crippen molar-refractivity contribution in [3.63, 3.8) is 0 Å². The Balaban J connectivity index is 0.000000331. The number of nitrogens with zero attached hydrogens (tertiary/aromatic N) is 2. The Morgan fingerprint density at radius 3 is 2.25 bits per heavy atom. The van der Waals surface area contributed by atoms with Crippen molar-refractivity contribution < 1.29 is 24.2 Å².